The molecule has 0 saturated carbocycles. The van der Waals surface area contributed by atoms with Crippen molar-refractivity contribution in [2.45, 2.75) is 59.9 Å². The smallest absolute Gasteiger partial charge is 0.137 e. The van der Waals surface area contributed by atoms with Gasteiger partial charge in [0.2, 0.25) is 0 Å². The molecule has 2 rings (SSSR count). The fraction of sp³-hybridized carbons (Fsp3) is 0.765. The van der Waals surface area contributed by atoms with E-state index in [1.807, 2.05) is 0 Å². The van der Waals surface area contributed by atoms with Crippen LogP contribution < -0.4 is 10.2 Å². The molecule has 0 aromatic carbocycles. The van der Waals surface area contributed by atoms with Crippen LogP contribution in [0.3, 0.4) is 0 Å². The van der Waals surface area contributed by atoms with Crippen LogP contribution in [0.2, 0.25) is 0 Å². The van der Waals surface area contributed by atoms with Crippen molar-refractivity contribution < 1.29 is 0 Å². The van der Waals surface area contributed by atoms with Crippen LogP contribution in [-0.4, -0.2) is 29.1 Å². The number of nitrogens with one attached hydrogen (secondary N) is 1. The molecule has 21 heavy (non-hydrogen) atoms. The molecule has 1 N–H and O–H groups in total. The zero-order valence-corrected chi connectivity index (χ0v) is 14.2. The summed E-state index contributed by atoms with van der Waals surface area (Å²) in [6.45, 7) is 13.5. The lowest BCUT2D eigenvalue weighted by Crippen LogP contribution is -2.46. The molecule has 1 aliphatic rings. The van der Waals surface area contributed by atoms with Gasteiger partial charge in [0, 0.05) is 24.7 Å². The quantitative estimate of drug-likeness (QED) is 0.897. The van der Waals surface area contributed by atoms with Crippen molar-refractivity contribution in [2.24, 2.45) is 11.8 Å². The molecule has 0 aliphatic carbocycles. The Morgan fingerprint density at radius 3 is 2.67 bits per heavy atom. The van der Waals surface area contributed by atoms with Crippen molar-refractivity contribution in [2.75, 3.05) is 23.3 Å². The molecule has 4 heteroatoms. The predicted molar refractivity (Wildman–Crippen MR) is 89.9 cm³/mol. The highest BCUT2D eigenvalue weighted by atomic mass is 15.2. The Hall–Kier alpha value is -1.32. The van der Waals surface area contributed by atoms with E-state index in [0.717, 1.165) is 43.5 Å². The van der Waals surface area contributed by atoms with Crippen LogP contribution in [0.25, 0.3) is 0 Å². The second-order valence-electron chi connectivity index (χ2n) is 6.52. The Morgan fingerprint density at radius 2 is 2.00 bits per heavy atom. The van der Waals surface area contributed by atoms with Crippen LogP contribution in [0.1, 0.15) is 53.0 Å². The van der Waals surface area contributed by atoms with Gasteiger partial charge in [-0.15, -0.1) is 0 Å². The third kappa shape index (κ3) is 3.47. The second-order valence-corrected chi connectivity index (χ2v) is 6.52. The maximum absolute atomic E-state index is 4.64. The highest BCUT2D eigenvalue weighted by molar-refractivity contribution is 5.59. The number of anilines is 2. The van der Waals surface area contributed by atoms with Gasteiger partial charge >= 0.3 is 0 Å². The summed E-state index contributed by atoms with van der Waals surface area (Å²) in [6, 6.07) is 0.542. The molecular formula is C17H30N4. The lowest BCUT2D eigenvalue weighted by molar-refractivity contribution is 0.295. The summed E-state index contributed by atoms with van der Waals surface area (Å²) in [5.74, 6) is 3.59. The first kappa shape index (κ1) is 16.1. The monoisotopic (exact) mass is 290 g/mol. The first-order valence-electron chi connectivity index (χ1n) is 8.42. The minimum absolute atomic E-state index is 0.542. The van der Waals surface area contributed by atoms with Gasteiger partial charge in [0.05, 0.1) is 0 Å². The van der Waals surface area contributed by atoms with Crippen LogP contribution in [-0.2, 0) is 6.42 Å². The molecule has 0 spiro atoms. The Balaban J connectivity index is 2.33. The number of aromatic nitrogens is 2. The molecule has 3 unspecified atom stereocenters. The van der Waals surface area contributed by atoms with Gasteiger partial charge in [0.25, 0.3) is 0 Å². The van der Waals surface area contributed by atoms with E-state index in [1.165, 1.54) is 12.0 Å². The SMILES string of the molecule is CCCNc1ncnc(N2CC(C)CC(C)C2C)c1CC. The van der Waals surface area contributed by atoms with Crippen molar-refractivity contribution in [3.8, 4) is 0 Å². The van der Waals surface area contributed by atoms with E-state index >= 15 is 0 Å². The topological polar surface area (TPSA) is 41.1 Å². The molecule has 118 valence electrons. The summed E-state index contributed by atoms with van der Waals surface area (Å²) in [6.07, 6.45) is 5.10. The number of nitrogens with zero attached hydrogens (tertiary/aromatic N) is 3. The molecule has 0 amide bonds. The summed E-state index contributed by atoms with van der Waals surface area (Å²) in [4.78, 5) is 11.6. The van der Waals surface area contributed by atoms with E-state index < -0.39 is 0 Å². The number of rotatable bonds is 5. The minimum Gasteiger partial charge on any atom is -0.370 e. The lowest BCUT2D eigenvalue weighted by Gasteiger charge is -2.42. The molecule has 1 aromatic rings. The van der Waals surface area contributed by atoms with Crippen molar-refractivity contribution in [1.29, 1.82) is 0 Å². The van der Waals surface area contributed by atoms with Crippen molar-refractivity contribution >= 4 is 11.6 Å². The van der Waals surface area contributed by atoms with Crippen LogP contribution in [0.15, 0.2) is 6.33 Å². The average Bonchev–Trinajstić information content (AvgIpc) is 2.48. The van der Waals surface area contributed by atoms with Crippen LogP contribution in [0.4, 0.5) is 11.6 Å². The summed E-state index contributed by atoms with van der Waals surface area (Å²) in [5, 5.41) is 3.45. The Morgan fingerprint density at radius 1 is 1.24 bits per heavy atom. The van der Waals surface area contributed by atoms with Gasteiger partial charge in [0.1, 0.15) is 18.0 Å². The van der Waals surface area contributed by atoms with Gasteiger partial charge in [0.15, 0.2) is 0 Å². The predicted octanol–water partition coefficient (Wildman–Crippen LogP) is 3.73. The first-order chi connectivity index (χ1) is 10.1. The first-order valence-corrected chi connectivity index (χ1v) is 8.42. The van der Waals surface area contributed by atoms with E-state index in [-0.39, 0.29) is 0 Å². The van der Waals surface area contributed by atoms with Crippen molar-refractivity contribution in [3.63, 3.8) is 0 Å². The largest absolute Gasteiger partial charge is 0.370 e. The molecule has 1 saturated heterocycles. The molecule has 1 aromatic heterocycles. The normalized spacial score (nSPS) is 26.0. The highest BCUT2D eigenvalue weighted by Crippen LogP contribution is 2.33. The van der Waals surface area contributed by atoms with Gasteiger partial charge in [-0.2, -0.15) is 0 Å². The van der Waals surface area contributed by atoms with E-state index in [4.69, 9.17) is 0 Å². The summed E-state index contributed by atoms with van der Waals surface area (Å²) in [7, 11) is 0. The zero-order chi connectivity index (χ0) is 15.4. The molecule has 1 aliphatic heterocycles. The number of hydrogen-bond donors (Lipinski definition) is 1. The standard InChI is InChI=1S/C17H30N4/c1-6-8-18-16-15(7-2)17(20-11-19-16)21-10-12(3)9-13(4)14(21)5/h11-14H,6-10H2,1-5H3,(H,18,19,20). The van der Waals surface area contributed by atoms with Gasteiger partial charge in [-0.3, -0.25) is 0 Å². The average molecular weight is 290 g/mol. The lowest BCUT2D eigenvalue weighted by atomic mass is 9.86. The third-order valence-corrected chi connectivity index (χ3v) is 4.69. The van der Waals surface area contributed by atoms with Crippen LogP contribution in [0.5, 0.6) is 0 Å². The maximum atomic E-state index is 4.64. The third-order valence-electron chi connectivity index (χ3n) is 4.69. The van der Waals surface area contributed by atoms with E-state index in [9.17, 15) is 0 Å². The van der Waals surface area contributed by atoms with Gasteiger partial charge in [-0.1, -0.05) is 27.7 Å². The highest BCUT2D eigenvalue weighted by Gasteiger charge is 2.31. The summed E-state index contributed by atoms with van der Waals surface area (Å²) in [5.41, 5.74) is 1.26. The van der Waals surface area contributed by atoms with E-state index in [0.29, 0.717) is 12.0 Å². The van der Waals surface area contributed by atoms with Gasteiger partial charge < -0.3 is 10.2 Å². The molecule has 0 bridgehead atoms. The van der Waals surface area contributed by atoms with Crippen molar-refractivity contribution in [1.82, 2.24) is 9.97 Å². The Kier molecular flexibility index (Phi) is 5.43. The van der Waals surface area contributed by atoms with Gasteiger partial charge in [-0.25, -0.2) is 9.97 Å². The zero-order valence-electron chi connectivity index (χ0n) is 14.2. The summed E-state index contributed by atoms with van der Waals surface area (Å²) < 4.78 is 0. The fourth-order valence-electron chi connectivity index (χ4n) is 3.37. The van der Waals surface area contributed by atoms with Crippen molar-refractivity contribution in [3.05, 3.63) is 11.9 Å². The molecule has 0 radical (unpaired) electrons. The number of piperidine rings is 1. The van der Waals surface area contributed by atoms with Gasteiger partial charge in [-0.05, 0) is 38.0 Å². The molecule has 2 heterocycles. The summed E-state index contributed by atoms with van der Waals surface area (Å²) >= 11 is 0. The maximum Gasteiger partial charge on any atom is 0.137 e. The fourth-order valence-corrected chi connectivity index (χ4v) is 3.37. The number of hydrogen-bond acceptors (Lipinski definition) is 4. The minimum atomic E-state index is 0.542. The molecule has 1 fully saturated rings. The molecule has 4 nitrogen and oxygen atoms in total. The Bertz CT molecular complexity index is 460. The molecule has 3 atom stereocenters. The molecular weight excluding hydrogens is 260 g/mol. The van der Waals surface area contributed by atoms with Crippen LogP contribution >= 0.6 is 0 Å². The van der Waals surface area contributed by atoms with E-state index in [1.54, 1.807) is 6.33 Å². The van der Waals surface area contributed by atoms with Crippen LogP contribution in [0, 0.1) is 11.8 Å². The van der Waals surface area contributed by atoms with E-state index in [2.05, 4.69) is 54.8 Å². The second kappa shape index (κ2) is 7.10. The Labute approximate surface area is 129 Å².